The smallest absolute Gasteiger partial charge is 0.182 e. The van der Waals surface area contributed by atoms with Gasteiger partial charge in [-0.25, -0.2) is 4.31 Å². The van der Waals surface area contributed by atoms with Crippen molar-refractivity contribution in [2.75, 3.05) is 57.8 Å². The van der Waals surface area contributed by atoms with E-state index in [9.17, 15) is 4.79 Å². The Morgan fingerprint density at radius 1 is 0.964 bits per heavy atom. The molecule has 2 aliphatic heterocycles. The SMILES string of the molecule is COc1cccc2c1C(=O)CN(CCCN1CCN(c3ccccc3)CC1)S2. The molecule has 2 aliphatic rings. The second kappa shape index (κ2) is 8.99. The topological polar surface area (TPSA) is 36.0 Å². The molecule has 0 aliphatic carbocycles. The van der Waals surface area contributed by atoms with E-state index in [0.29, 0.717) is 12.3 Å². The van der Waals surface area contributed by atoms with Crippen LogP contribution in [0.5, 0.6) is 5.75 Å². The molecule has 0 atom stereocenters. The molecule has 0 N–H and O–H groups in total. The van der Waals surface area contributed by atoms with E-state index in [-0.39, 0.29) is 5.78 Å². The molecule has 0 spiro atoms. The van der Waals surface area contributed by atoms with Crippen LogP contribution >= 0.6 is 11.9 Å². The molecular weight excluding hydrogens is 370 g/mol. The maximum Gasteiger partial charge on any atom is 0.182 e. The van der Waals surface area contributed by atoms with Crippen molar-refractivity contribution in [3.63, 3.8) is 0 Å². The fourth-order valence-corrected chi connectivity index (χ4v) is 5.03. The Bertz CT molecular complexity index is 807. The van der Waals surface area contributed by atoms with E-state index < -0.39 is 0 Å². The minimum atomic E-state index is 0.155. The highest BCUT2D eigenvalue weighted by Crippen LogP contribution is 2.36. The molecule has 2 aromatic rings. The highest BCUT2D eigenvalue weighted by Gasteiger charge is 2.27. The van der Waals surface area contributed by atoms with Gasteiger partial charge in [-0.05, 0) is 49.2 Å². The third-order valence-corrected chi connectivity index (χ3v) is 6.52. The normalized spacial score (nSPS) is 18.2. The molecule has 2 aromatic carbocycles. The number of benzene rings is 2. The first kappa shape index (κ1) is 19.3. The average Bonchev–Trinajstić information content (AvgIpc) is 2.74. The summed E-state index contributed by atoms with van der Waals surface area (Å²) >= 11 is 1.68. The van der Waals surface area contributed by atoms with Gasteiger partial charge in [0, 0.05) is 43.3 Å². The molecule has 6 heteroatoms. The number of ketones is 1. The molecule has 1 saturated heterocycles. The van der Waals surface area contributed by atoms with Crippen LogP contribution in [0.1, 0.15) is 16.8 Å². The van der Waals surface area contributed by atoms with Crippen LogP contribution in [0.3, 0.4) is 0 Å². The van der Waals surface area contributed by atoms with Gasteiger partial charge in [-0.1, -0.05) is 24.3 Å². The summed E-state index contributed by atoms with van der Waals surface area (Å²) in [6, 6.07) is 16.5. The summed E-state index contributed by atoms with van der Waals surface area (Å²) in [5.41, 5.74) is 2.06. The van der Waals surface area contributed by atoms with Crippen LogP contribution in [0.4, 0.5) is 5.69 Å². The van der Waals surface area contributed by atoms with Gasteiger partial charge in [-0.3, -0.25) is 9.69 Å². The first-order chi connectivity index (χ1) is 13.7. The summed E-state index contributed by atoms with van der Waals surface area (Å²) in [5, 5.41) is 0. The molecule has 0 aromatic heterocycles. The lowest BCUT2D eigenvalue weighted by molar-refractivity contribution is 0.0957. The zero-order valence-corrected chi connectivity index (χ0v) is 17.2. The Labute approximate surface area is 171 Å². The highest BCUT2D eigenvalue weighted by molar-refractivity contribution is 7.97. The van der Waals surface area contributed by atoms with Crippen molar-refractivity contribution < 1.29 is 9.53 Å². The number of hydrogen-bond donors (Lipinski definition) is 0. The Hall–Kier alpha value is -2.02. The minimum Gasteiger partial charge on any atom is -0.496 e. The number of methoxy groups -OCH3 is 1. The summed E-state index contributed by atoms with van der Waals surface area (Å²) in [7, 11) is 1.62. The number of fused-ring (bicyclic) bond motifs is 1. The fourth-order valence-electron chi connectivity index (χ4n) is 3.91. The molecule has 0 unspecified atom stereocenters. The van der Waals surface area contributed by atoms with Crippen molar-refractivity contribution in [2.45, 2.75) is 11.3 Å². The second-order valence-corrected chi connectivity index (χ2v) is 8.37. The molecular formula is C22H27N3O2S. The third-order valence-electron chi connectivity index (χ3n) is 5.41. The number of nitrogens with zero attached hydrogens (tertiary/aromatic N) is 3. The van der Waals surface area contributed by atoms with Gasteiger partial charge in [0.2, 0.25) is 0 Å². The fraction of sp³-hybridized carbons (Fsp3) is 0.409. The van der Waals surface area contributed by atoms with Crippen molar-refractivity contribution in [1.82, 2.24) is 9.21 Å². The highest BCUT2D eigenvalue weighted by atomic mass is 32.2. The predicted octanol–water partition coefficient (Wildman–Crippen LogP) is 3.41. The number of hydrogen-bond acceptors (Lipinski definition) is 6. The maximum absolute atomic E-state index is 12.6. The van der Waals surface area contributed by atoms with Gasteiger partial charge >= 0.3 is 0 Å². The van der Waals surface area contributed by atoms with Crippen LogP contribution in [0.2, 0.25) is 0 Å². The number of ether oxygens (including phenoxy) is 1. The third kappa shape index (κ3) is 4.35. The first-order valence-corrected chi connectivity index (χ1v) is 10.7. The predicted molar refractivity (Wildman–Crippen MR) is 114 cm³/mol. The number of carbonyl (C=O) groups excluding carboxylic acids is 1. The quantitative estimate of drug-likeness (QED) is 0.695. The van der Waals surface area contributed by atoms with Gasteiger partial charge in [0.25, 0.3) is 0 Å². The van der Waals surface area contributed by atoms with E-state index in [1.807, 2.05) is 18.2 Å². The maximum atomic E-state index is 12.6. The van der Waals surface area contributed by atoms with Crippen molar-refractivity contribution in [1.29, 1.82) is 0 Å². The first-order valence-electron chi connectivity index (χ1n) is 9.90. The monoisotopic (exact) mass is 397 g/mol. The number of piperazine rings is 1. The minimum absolute atomic E-state index is 0.155. The van der Waals surface area contributed by atoms with Crippen molar-refractivity contribution in [2.24, 2.45) is 0 Å². The van der Waals surface area contributed by atoms with E-state index in [1.165, 1.54) is 5.69 Å². The molecule has 28 heavy (non-hydrogen) atoms. The lowest BCUT2D eigenvalue weighted by atomic mass is 10.1. The zero-order chi connectivity index (χ0) is 19.3. The van der Waals surface area contributed by atoms with Gasteiger partial charge in [-0.15, -0.1) is 0 Å². The van der Waals surface area contributed by atoms with Crippen molar-refractivity contribution in [3.8, 4) is 5.75 Å². The largest absolute Gasteiger partial charge is 0.496 e. The number of carbonyl (C=O) groups is 1. The Morgan fingerprint density at radius 2 is 1.75 bits per heavy atom. The van der Waals surface area contributed by atoms with Crippen LogP contribution < -0.4 is 9.64 Å². The second-order valence-electron chi connectivity index (χ2n) is 7.23. The van der Waals surface area contributed by atoms with Gasteiger partial charge in [-0.2, -0.15) is 0 Å². The molecule has 0 bridgehead atoms. The molecule has 148 valence electrons. The Morgan fingerprint density at radius 3 is 2.50 bits per heavy atom. The molecule has 4 rings (SSSR count). The molecule has 2 heterocycles. The van der Waals surface area contributed by atoms with Crippen LogP contribution in [0.15, 0.2) is 53.4 Å². The summed E-state index contributed by atoms with van der Waals surface area (Å²) in [6.07, 6.45) is 1.07. The zero-order valence-electron chi connectivity index (χ0n) is 16.3. The van der Waals surface area contributed by atoms with E-state index >= 15 is 0 Å². The molecule has 1 fully saturated rings. The number of para-hydroxylation sites is 1. The molecule has 0 saturated carbocycles. The lowest BCUT2D eigenvalue weighted by Crippen LogP contribution is -2.47. The standard InChI is InChI=1S/C22H27N3O2S/c1-27-20-9-5-10-21-22(20)19(26)17-25(28-21)12-6-11-23-13-15-24(16-14-23)18-7-3-2-4-8-18/h2-5,7-10H,6,11-17H2,1H3. The van der Waals surface area contributed by atoms with Crippen molar-refractivity contribution in [3.05, 3.63) is 54.1 Å². The van der Waals surface area contributed by atoms with Crippen LogP contribution in [-0.4, -0.2) is 67.9 Å². The van der Waals surface area contributed by atoms with Crippen LogP contribution in [-0.2, 0) is 0 Å². The number of rotatable bonds is 6. The van der Waals surface area contributed by atoms with E-state index in [4.69, 9.17) is 4.74 Å². The van der Waals surface area contributed by atoms with Gasteiger partial charge in [0.05, 0.1) is 19.2 Å². The van der Waals surface area contributed by atoms with E-state index in [2.05, 4.69) is 44.4 Å². The van der Waals surface area contributed by atoms with Crippen molar-refractivity contribution >= 4 is 23.4 Å². The number of anilines is 1. The van der Waals surface area contributed by atoms with Crippen LogP contribution in [0, 0.1) is 0 Å². The van der Waals surface area contributed by atoms with Gasteiger partial charge in [0.15, 0.2) is 5.78 Å². The molecule has 5 nitrogen and oxygen atoms in total. The Balaban J connectivity index is 1.24. The summed E-state index contributed by atoms with van der Waals surface area (Å²) in [5.74, 6) is 0.841. The lowest BCUT2D eigenvalue weighted by Gasteiger charge is -2.36. The molecule has 0 radical (unpaired) electrons. The summed E-state index contributed by atoms with van der Waals surface area (Å²) in [6.45, 7) is 6.81. The van der Waals surface area contributed by atoms with Gasteiger partial charge < -0.3 is 9.64 Å². The number of Topliss-reactive ketones (excluding diaryl/α,β-unsaturated/α-hetero) is 1. The van der Waals surface area contributed by atoms with Crippen LogP contribution in [0.25, 0.3) is 0 Å². The Kier molecular flexibility index (Phi) is 6.20. The summed E-state index contributed by atoms with van der Waals surface area (Å²) < 4.78 is 7.54. The molecule has 0 amide bonds. The van der Waals surface area contributed by atoms with Gasteiger partial charge in [0.1, 0.15) is 5.75 Å². The van der Waals surface area contributed by atoms with E-state index in [0.717, 1.165) is 56.1 Å². The average molecular weight is 398 g/mol. The summed E-state index contributed by atoms with van der Waals surface area (Å²) in [4.78, 5) is 18.6. The van der Waals surface area contributed by atoms with E-state index in [1.54, 1.807) is 19.1 Å².